The summed E-state index contributed by atoms with van der Waals surface area (Å²) in [6.45, 7) is 2.10. The molecule has 0 saturated heterocycles. The van der Waals surface area contributed by atoms with Gasteiger partial charge in [0.1, 0.15) is 0 Å². The van der Waals surface area contributed by atoms with E-state index in [9.17, 15) is 0 Å². The Labute approximate surface area is 107 Å². The van der Waals surface area contributed by atoms with E-state index in [1.807, 2.05) is 30.1 Å². The highest BCUT2D eigenvalue weighted by Gasteiger charge is 2.13. The maximum absolute atomic E-state index is 5.63. The van der Waals surface area contributed by atoms with E-state index in [-0.39, 0.29) is 6.04 Å². The summed E-state index contributed by atoms with van der Waals surface area (Å²) < 4.78 is 1.92. The second-order valence-electron chi connectivity index (χ2n) is 4.31. The van der Waals surface area contributed by atoms with Crippen molar-refractivity contribution in [3.05, 3.63) is 47.5 Å². The first kappa shape index (κ1) is 12.7. The molecule has 0 saturated carbocycles. The van der Waals surface area contributed by atoms with Gasteiger partial charge in [-0.3, -0.25) is 20.9 Å². The summed E-state index contributed by atoms with van der Waals surface area (Å²) in [5.74, 6) is 5.63. The molecule has 0 bridgehead atoms. The van der Waals surface area contributed by atoms with Gasteiger partial charge in [0.2, 0.25) is 0 Å². The van der Waals surface area contributed by atoms with Crippen LogP contribution in [-0.4, -0.2) is 14.8 Å². The van der Waals surface area contributed by atoms with Crippen LogP contribution in [0, 0.1) is 0 Å². The van der Waals surface area contributed by atoms with Gasteiger partial charge in [0.25, 0.3) is 0 Å². The van der Waals surface area contributed by atoms with Crippen LogP contribution >= 0.6 is 0 Å². The molecule has 96 valence electrons. The number of pyridine rings is 1. The van der Waals surface area contributed by atoms with E-state index in [4.69, 9.17) is 5.84 Å². The standard InChI is InChI=1S/C13H19N5/c1-3-11-7-12(18(2)17-11)8-13(16-14)10-5-4-6-15-9-10/h4-7,9,13,16H,3,8,14H2,1-2H3. The number of aryl methyl sites for hydroxylation is 2. The van der Waals surface area contributed by atoms with Crippen molar-refractivity contribution in [1.29, 1.82) is 0 Å². The highest BCUT2D eigenvalue weighted by molar-refractivity contribution is 5.18. The van der Waals surface area contributed by atoms with E-state index < -0.39 is 0 Å². The Morgan fingerprint density at radius 2 is 2.33 bits per heavy atom. The van der Waals surface area contributed by atoms with Gasteiger partial charge >= 0.3 is 0 Å². The Balaban J connectivity index is 2.18. The molecule has 0 aliphatic heterocycles. The van der Waals surface area contributed by atoms with Gasteiger partial charge in [0, 0.05) is 31.6 Å². The number of aromatic nitrogens is 3. The Hall–Kier alpha value is -1.72. The van der Waals surface area contributed by atoms with Gasteiger partial charge in [-0.05, 0) is 24.1 Å². The minimum atomic E-state index is 0.0545. The zero-order valence-corrected chi connectivity index (χ0v) is 10.8. The summed E-state index contributed by atoms with van der Waals surface area (Å²) in [4.78, 5) is 4.12. The van der Waals surface area contributed by atoms with E-state index in [1.54, 1.807) is 6.20 Å². The van der Waals surface area contributed by atoms with Crippen molar-refractivity contribution in [2.45, 2.75) is 25.8 Å². The number of hydrazine groups is 1. The molecule has 0 spiro atoms. The number of nitrogens with zero attached hydrogens (tertiary/aromatic N) is 3. The first-order valence-electron chi connectivity index (χ1n) is 6.12. The van der Waals surface area contributed by atoms with Crippen molar-refractivity contribution in [1.82, 2.24) is 20.2 Å². The fraction of sp³-hybridized carbons (Fsp3) is 0.385. The molecule has 0 aliphatic rings. The van der Waals surface area contributed by atoms with Crippen LogP contribution in [0.15, 0.2) is 30.6 Å². The molecule has 2 aromatic rings. The van der Waals surface area contributed by atoms with Gasteiger partial charge in [0.15, 0.2) is 0 Å². The van der Waals surface area contributed by atoms with Crippen LogP contribution in [0.2, 0.25) is 0 Å². The highest BCUT2D eigenvalue weighted by atomic mass is 15.3. The summed E-state index contributed by atoms with van der Waals surface area (Å²) in [5.41, 5.74) is 6.19. The molecule has 0 radical (unpaired) electrons. The van der Waals surface area contributed by atoms with Crippen LogP contribution in [0.4, 0.5) is 0 Å². The van der Waals surface area contributed by atoms with Crippen molar-refractivity contribution >= 4 is 0 Å². The second-order valence-corrected chi connectivity index (χ2v) is 4.31. The van der Waals surface area contributed by atoms with E-state index >= 15 is 0 Å². The molecule has 0 amide bonds. The molecule has 2 rings (SSSR count). The van der Waals surface area contributed by atoms with Crippen LogP contribution in [0.25, 0.3) is 0 Å². The lowest BCUT2D eigenvalue weighted by molar-refractivity contribution is 0.528. The van der Waals surface area contributed by atoms with Crippen LogP contribution < -0.4 is 11.3 Å². The molecule has 2 aromatic heterocycles. The maximum atomic E-state index is 5.63. The number of nitrogens with two attached hydrogens (primary N) is 1. The fourth-order valence-corrected chi connectivity index (χ4v) is 2.00. The third-order valence-electron chi connectivity index (χ3n) is 3.09. The molecular weight excluding hydrogens is 226 g/mol. The maximum Gasteiger partial charge on any atom is 0.0624 e. The SMILES string of the molecule is CCc1cc(CC(NN)c2cccnc2)n(C)n1. The Bertz CT molecular complexity index is 491. The molecule has 2 heterocycles. The summed E-state index contributed by atoms with van der Waals surface area (Å²) in [6, 6.07) is 6.12. The summed E-state index contributed by atoms with van der Waals surface area (Å²) >= 11 is 0. The topological polar surface area (TPSA) is 68.8 Å². The zero-order chi connectivity index (χ0) is 13.0. The van der Waals surface area contributed by atoms with Crippen LogP contribution in [0.3, 0.4) is 0 Å². The molecule has 5 heteroatoms. The van der Waals surface area contributed by atoms with Crippen molar-refractivity contribution in [2.24, 2.45) is 12.9 Å². The Kier molecular flexibility index (Phi) is 4.07. The normalized spacial score (nSPS) is 12.6. The van der Waals surface area contributed by atoms with Gasteiger partial charge in [-0.2, -0.15) is 5.10 Å². The van der Waals surface area contributed by atoms with Crippen molar-refractivity contribution < 1.29 is 0 Å². The Morgan fingerprint density at radius 1 is 1.50 bits per heavy atom. The largest absolute Gasteiger partial charge is 0.272 e. The van der Waals surface area contributed by atoms with Crippen molar-refractivity contribution in [2.75, 3.05) is 0 Å². The lowest BCUT2D eigenvalue weighted by Gasteiger charge is -2.15. The van der Waals surface area contributed by atoms with Crippen molar-refractivity contribution in [3.8, 4) is 0 Å². The first-order chi connectivity index (χ1) is 8.74. The molecule has 0 fully saturated rings. The lowest BCUT2D eigenvalue weighted by atomic mass is 10.0. The van der Waals surface area contributed by atoms with Crippen molar-refractivity contribution in [3.63, 3.8) is 0 Å². The van der Waals surface area contributed by atoms with Crippen LogP contribution in [0.1, 0.15) is 29.9 Å². The van der Waals surface area contributed by atoms with Gasteiger partial charge in [0.05, 0.1) is 11.7 Å². The molecule has 1 atom stereocenters. The third kappa shape index (κ3) is 2.75. The molecular formula is C13H19N5. The minimum absolute atomic E-state index is 0.0545. The van der Waals surface area contributed by atoms with E-state index in [0.717, 1.165) is 24.1 Å². The summed E-state index contributed by atoms with van der Waals surface area (Å²) in [7, 11) is 1.96. The monoisotopic (exact) mass is 245 g/mol. The van der Waals surface area contributed by atoms with Gasteiger partial charge in [-0.1, -0.05) is 13.0 Å². The summed E-state index contributed by atoms with van der Waals surface area (Å²) in [5, 5.41) is 4.44. The zero-order valence-electron chi connectivity index (χ0n) is 10.8. The number of nitrogens with one attached hydrogen (secondary N) is 1. The van der Waals surface area contributed by atoms with Crippen LogP contribution in [-0.2, 0) is 19.9 Å². The predicted molar refractivity (Wildman–Crippen MR) is 70.6 cm³/mol. The molecule has 0 aliphatic carbocycles. The average molecular weight is 245 g/mol. The predicted octanol–water partition coefficient (Wildman–Crippen LogP) is 1.12. The lowest BCUT2D eigenvalue weighted by Crippen LogP contribution is -2.30. The summed E-state index contributed by atoms with van der Waals surface area (Å²) in [6.07, 6.45) is 5.34. The highest BCUT2D eigenvalue weighted by Crippen LogP contribution is 2.17. The van der Waals surface area contributed by atoms with E-state index in [2.05, 4.69) is 28.5 Å². The van der Waals surface area contributed by atoms with Gasteiger partial charge in [-0.25, -0.2) is 0 Å². The smallest absolute Gasteiger partial charge is 0.0624 e. The second kappa shape index (κ2) is 5.75. The number of hydrogen-bond acceptors (Lipinski definition) is 4. The number of hydrogen-bond donors (Lipinski definition) is 2. The quantitative estimate of drug-likeness (QED) is 0.612. The first-order valence-corrected chi connectivity index (χ1v) is 6.12. The Morgan fingerprint density at radius 3 is 2.89 bits per heavy atom. The van der Waals surface area contributed by atoms with E-state index in [0.29, 0.717) is 0 Å². The van der Waals surface area contributed by atoms with E-state index in [1.165, 1.54) is 5.69 Å². The van der Waals surface area contributed by atoms with Gasteiger partial charge < -0.3 is 0 Å². The van der Waals surface area contributed by atoms with Gasteiger partial charge in [-0.15, -0.1) is 0 Å². The number of rotatable bonds is 5. The third-order valence-corrected chi connectivity index (χ3v) is 3.09. The van der Waals surface area contributed by atoms with Crippen LogP contribution in [0.5, 0.6) is 0 Å². The minimum Gasteiger partial charge on any atom is -0.272 e. The molecule has 5 nitrogen and oxygen atoms in total. The molecule has 0 aromatic carbocycles. The average Bonchev–Trinajstić information content (AvgIpc) is 2.77. The molecule has 18 heavy (non-hydrogen) atoms. The molecule has 3 N–H and O–H groups in total. The fourth-order valence-electron chi connectivity index (χ4n) is 2.00. The molecule has 1 unspecified atom stereocenters.